The molecule has 17 heavy (non-hydrogen) atoms. The Kier molecular flexibility index (Phi) is 2.71. The van der Waals surface area contributed by atoms with Crippen LogP contribution in [0, 0.1) is 0 Å². The lowest BCUT2D eigenvalue weighted by Crippen LogP contribution is -2.07. The fourth-order valence-corrected chi connectivity index (χ4v) is 1.47. The summed E-state index contributed by atoms with van der Waals surface area (Å²) in [6.07, 6.45) is -2.77. The van der Waals surface area contributed by atoms with Crippen molar-refractivity contribution >= 4 is 6.29 Å². The van der Waals surface area contributed by atoms with Crippen molar-refractivity contribution in [2.24, 2.45) is 0 Å². The normalized spacial score (nSPS) is 11.5. The molecule has 2 aromatic rings. The Labute approximate surface area is 94.3 Å². The van der Waals surface area contributed by atoms with Gasteiger partial charge in [0, 0.05) is 5.56 Å². The smallest absolute Gasteiger partial charge is 0.336 e. The molecule has 0 spiro atoms. The van der Waals surface area contributed by atoms with Crippen molar-refractivity contribution in [1.82, 2.24) is 9.97 Å². The molecule has 0 aliphatic heterocycles. The molecule has 3 nitrogen and oxygen atoms in total. The number of hydrogen-bond acceptors (Lipinski definition) is 2. The Morgan fingerprint density at radius 1 is 1.24 bits per heavy atom. The standard InChI is InChI=1S/C11H7F3N2O/c12-11(13,14)9-4-2-1-3-8(9)10-15-5-7(6-17)16-10/h1-6H,(H,15,16). The van der Waals surface area contributed by atoms with E-state index >= 15 is 0 Å². The summed E-state index contributed by atoms with van der Waals surface area (Å²) in [5.74, 6) is 0.0278. The van der Waals surface area contributed by atoms with E-state index in [2.05, 4.69) is 9.97 Å². The molecule has 88 valence electrons. The van der Waals surface area contributed by atoms with Crippen molar-refractivity contribution in [2.75, 3.05) is 0 Å². The predicted molar refractivity (Wildman–Crippen MR) is 54.4 cm³/mol. The Morgan fingerprint density at radius 3 is 2.53 bits per heavy atom. The number of rotatable bonds is 2. The summed E-state index contributed by atoms with van der Waals surface area (Å²) in [6, 6.07) is 5.05. The number of aromatic amines is 1. The number of aldehydes is 1. The van der Waals surface area contributed by atoms with Gasteiger partial charge in [0.05, 0.1) is 17.5 Å². The minimum atomic E-state index is -4.45. The molecule has 2 rings (SSSR count). The van der Waals surface area contributed by atoms with Crippen molar-refractivity contribution in [3.8, 4) is 11.4 Å². The maximum absolute atomic E-state index is 12.7. The first-order valence-corrected chi connectivity index (χ1v) is 4.69. The van der Waals surface area contributed by atoms with Gasteiger partial charge in [0.2, 0.25) is 0 Å². The molecule has 1 aromatic heterocycles. The highest BCUT2D eigenvalue weighted by Crippen LogP contribution is 2.35. The average Bonchev–Trinajstić information content (AvgIpc) is 2.76. The number of carbonyl (C=O) groups is 1. The minimum Gasteiger partial charge on any atom is -0.336 e. The van der Waals surface area contributed by atoms with Crippen LogP contribution in [0.1, 0.15) is 16.1 Å². The highest BCUT2D eigenvalue weighted by Gasteiger charge is 2.33. The van der Waals surface area contributed by atoms with E-state index in [4.69, 9.17) is 0 Å². The molecule has 0 amide bonds. The van der Waals surface area contributed by atoms with Crippen molar-refractivity contribution in [1.29, 1.82) is 0 Å². The molecule has 0 fully saturated rings. The van der Waals surface area contributed by atoms with E-state index in [-0.39, 0.29) is 17.1 Å². The van der Waals surface area contributed by atoms with Crippen LogP contribution in [0.25, 0.3) is 11.4 Å². The van der Waals surface area contributed by atoms with Gasteiger partial charge in [0.15, 0.2) is 6.29 Å². The quantitative estimate of drug-likeness (QED) is 0.820. The number of halogens is 3. The van der Waals surface area contributed by atoms with Crippen LogP contribution >= 0.6 is 0 Å². The summed E-state index contributed by atoms with van der Waals surface area (Å²) in [6.45, 7) is 0. The number of H-pyrrole nitrogens is 1. The summed E-state index contributed by atoms with van der Waals surface area (Å²) in [4.78, 5) is 16.7. The zero-order valence-electron chi connectivity index (χ0n) is 8.45. The van der Waals surface area contributed by atoms with E-state index in [0.717, 1.165) is 6.07 Å². The SMILES string of the molecule is O=Cc1cnc(-c2ccccc2C(F)(F)F)[nH]1. The first-order valence-electron chi connectivity index (χ1n) is 4.69. The lowest BCUT2D eigenvalue weighted by Gasteiger charge is -2.10. The summed E-state index contributed by atoms with van der Waals surface area (Å²) >= 11 is 0. The summed E-state index contributed by atoms with van der Waals surface area (Å²) in [5, 5.41) is 0. The molecule has 0 aliphatic carbocycles. The first kappa shape index (κ1) is 11.4. The largest absolute Gasteiger partial charge is 0.417 e. The molecule has 1 N–H and O–H groups in total. The van der Waals surface area contributed by atoms with Crippen LogP contribution in [0.15, 0.2) is 30.5 Å². The van der Waals surface area contributed by atoms with Gasteiger partial charge < -0.3 is 4.98 Å². The van der Waals surface area contributed by atoms with Crippen molar-refractivity contribution in [3.05, 3.63) is 41.7 Å². The molecular formula is C11H7F3N2O. The Morgan fingerprint density at radius 2 is 1.94 bits per heavy atom. The van der Waals surface area contributed by atoms with Crippen molar-refractivity contribution in [3.63, 3.8) is 0 Å². The number of hydrogen-bond donors (Lipinski definition) is 1. The second-order valence-corrected chi connectivity index (χ2v) is 3.35. The van der Waals surface area contributed by atoms with Gasteiger partial charge >= 0.3 is 6.18 Å². The molecule has 1 heterocycles. The van der Waals surface area contributed by atoms with Gasteiger partial charge in [-0.25, -0.2) is 4.98 Å². The van der Waals surface area contributed by atoms with E-state index in [1.165, 1.54) is 24.4 Å². The van der Waals surface area contributed by atoms with Crippen molar-refractivity contribution in [2.45, 2.75) is 6.18 Å². The predicted octanol–water partition coefficient (Wildman–Crippen LogP) is 2.91. The Bertz CT molecular complexity index is 546. The van der Waals surface area contributed by atoms with Crippen LogP contribution in [0.3, 0.4) is 0 Å². The molecule has 0 radical (unpaired) electrons. The molecule has 6 heteroatoms. The molecule has 0 saturated carbocycles. The zero-order chi connectivity index (χ0) is 12.5. The van der Waals surface area contributed by atoms with Crippen LogP contribution in [0.2, 0.25) is 0 Å². The topological polar surface area (TPSA) is 45.8 Å². The van der Waals surface area contributed by atoms with Crippen molar-refractivity contribution < 1.29 is 18.0 Å². The summed E-state index contributed by atoms with van der Waals surface area (Å²) < 4.78 is 38.1. The van der Waals surface area contributed by atoms with Gasteiger partial charge in [-0.15, -0.1) is 0 Å². The number of aromatic nitrogens is 2. The number of carbonyl (C=O) groups excluding carboxylic acids is 1. The maximum atomic E-state index is 12.7. The highest BCUT2D eigenvalue weighted by molar-refractivity contribution is 5.73. The highest BCUT2D eigenvalue weighted by atomic mass is 19.4. The third kappa shape index (κ3) is 2.20. The summed E-state index contributed by atoms with van der Waals surface area (Å²) in [7, 11) is 0. The van der Waals surface area contributed by atoms with Gasteiger partial charge in [0.25, 0.3) is 0 Å². The van der Waals surface area contributed by atoms with Gasteiger partial charge in [0.1, 0.15) is 5.82 Å². The second-order valence-electron chi connectivity index (χ2n) is 3.35. The van der Waals surface area contributed by atoms with Crippen LogP contribution in [-0.2, 0) is 6.18 Å². The van der Waals surface area contributed by atoms with Gasteiger partial charge in [-0.1, -0.05) is 18.2 Å². The fraction of sp³-hybridized carbons (Fsp3) is 0.0909. The molecule has 0 aliphatic rings. The van der Waals surface area contributed by atoms with E-state index in [1.54, 1.807) is 0 Å². The molecule has 0 atom stereocenters. The number of alkyl halides is 3. The lowest BCUT2D eigenvalue weighted by molar-refractivity contribution is -0.137. The minimum absolute atomic E-state index is 0.0278. The average molecular weight is 240 g/mol. The zero-order valence-corrected chi connectivity index (χ0v) is 8.45. The van der Waals surface area contributed by atoms with Gasteiger partial charge in [-0.05, 0) is 6.07 Å². The maximum Gasteiger partial charge on any atom is 0.417 e. The first-order chi connectivity index (χ1) is 8.02. The van der Waals surface area contributed by atoms with Gasteiger partial charge in [-0.2, -0.15) is 13.2 Å². The number of nitrogens with zero attached hydrogens (tertiary/aromatic N) is 1. The summed E-state index contributed by atoms with van der Waals surface area (Å²) in [5.41, 5.74) is -0.725. The third-order valence-corrected chi connectivity index (χ3v) is 2.21. The molecular weight excluding hydrogens is 233 g/mol. The van der Waals surface area contributed by atoms with Crippen LogP contribution in [-0.4, -0.2) is 16.3 Å². The molecule has 0 saturated heterocycles. The molecule has 1 aromatic carbocycles. The molecule has 0 unspecified atom stereocenters. The van der Waals surface area contributed by atoms with Gasteiger partial charge in [-0.3, -0.25) is 4.79 Å². The molecule has 0 bridgehead atoms. The lowest BCUT2D eigenvalue weighted by atomic mass is 10.1. The fourth-order valence-electron chi connectivity index (χ4n) is 1.47. The van der Waals surface area contributed by atoms with E-state index in [9.17, 15) is 18.0 Å². The number of imidazole rings is 1. The van der Waals surface area contributed by atoms with Crippen LogP contribution in [0.4, 0.5) is 13.2 Å². The number of benzene rings is 1. The monoisotopic (exact) mass is 240 g/mol. The van der Waals surface area contributed by atoms with E-state index < -0.39 is 11.7 Å². The van der Waals surface area contributed by atoms with E-state index in [1.807, 2.05) is 0 Å². The third-order valence-electron chi connectivity index (χ3n) is 2.21. The second kappa shape index (κ2) is 4.04. The Hall–Kier alpha value is -2.11. The van der Waals surface area contributed by atoms with Crippen LogP contribution in [0.5, 0.6) is 0 Å². The Balaban J connectivity index is 2.55. The van der Waals surface area contributed by atoms with Crippen LogP contribution < -0.4 is 0 Å². The van der Waals surface area contributed by atoms with E-state index in [0.29, 0.717) is 6.29 Å². The number of nitrogens with one attached hydrogen (secondary N) is 1.